The summed E-state index contributed by atoms with van der Waals surface area (Å²) < 4.78 is 5.26. The second-order valence-corrected chi connectivity index (χ2v) is 3.72. The number of hydrogen-bond donors (Lipinski definition) is 2. The van der Waals surface area contributed by atoms with Gasteiger partial charge in [-0.2, -0.15) is 0 Å². The second kappa shape index (κ2) is 5.82. The van der Waals surface area contributed by atoms with Gasteiger partial charge in [0.25, 0.3) is 0 Å². The molecule has 0 unspecified atom stereocenters. The highest BCUT2D eigenvalue weighted by atomic mass is 16.5. The molecule has 0 atom stereocenters. The molecule has 0 spiro atoms. The Kier molecular flexibility index (Phi) is 4.69. The van der Waals surface area contributed by atoms with Crippen molar-refractivity contribution in [1.29, 1.82) is 0 Å². The van der Waals surface area contributed by atoms with Crippen LogP contribution in [0.25, 0.3) is 0 Å². The van der Waals surface area contributed by atoms with Crippen molar-refractivity contribution in [1.82, 2.24) is 10.3 Å². The number of urea groups is 1. The van der Waals surface area contributed by atoms with Crippen molar-refractivity contribution in [3.8, 4) is 0 Å². The molecule has 0 aromatic heterocycles. The van der Waals surface area contributed by atoms with Gasteiger partial charge in [0.2, 0.25) is 0 Å². The van der Waals surface area contributed by atoms with Crippen molar-refractivity contribution in [2.24, 2.45) is 11.8 Å². The van der Waals surface area contributed by atoms with Gasteiger partial charge >= 0.3 is 6.03 Å². The predicted octanol–water partition coefficient (Wildman–Crippen LogP) is 0.318. The van der Waals surface area contributed by atoms with Crippen molar-refractivity contribution in [3.05, 3.63) is 0 Å². The summed E-state index contributed by atoms with van der Waals surface area (Å²) >= 11 is 0. The van der Waals surface area contributed by atoms with E-state index >= 15 is 0 Å². The molecule has 0 aliphatic carbocycles. The van der Waals surface area contributed by atoms with Crippen LogP contribution in [0.1, 0.15) is 19.3 Å². The van der Waals surface area contributed by atoms with E-state index in [4.69, 9.17) is 10.6 Å². The number of nitrogens with two attached hydrogens (primary N) is 1. The second-order valence-electron chi connectivity index (χ2n) is 3.72. The maximum Gasteiger partial charge on any atom is 0.331 e. The van der Waals surface area contributed by atoms with E-state index in [0.717, 1.165) is 39.0 Å². The van der Waals surface area contributed by atoms with E-state index in [1.165, 1.54) is 0 Å². The molecule has 0 aromatic carbocycles. The highest BCUT2D eigenvalue weighted by Crippen LogP contribution is 2.18. The van der Waals surface area contributed by atoms with E-state index in [1.54, 1.807) is 11.9 Å². The summed E-state index contributed by atoms with van der Waals surface area (Å²) in [5.74, 6) is 5.71. The number of carbonyl (C=O) groups is 1. The molecular formula is C9H19N3O2. The molecule has 82 valence electrons. The molecule has 1 saturated heterocycles. The molecule has 1 rings (SSSR count). The normalized spacial score (nSPS) is 17.9. The summed E-state index contributed by atoms with van der Waals surface area (Å²) in [6.45, 7) is 2.47. The molecule has 1 aliphatic rings. The van der Waals surface area contributed by atoms with Crippen LogP contribution in [0, 0.1) is 5.92 Å². The van der Waals surface area contributed by atoms with Crippen LogP contribution in [0.3, 0.4) is 0 Å². The fraction of sp³-hybridized carbons (Fsp3) is 0.889. The fourth-order valence-electron chi connectivity index (χ4n) is 1.62. The Balaban J connectivity index is 2.15. The Morgan fingerprint density at radius 3 is 2.79 bits per heavy atom. The molecule has 1 fully saturated rings. The Morgan fingerprint density at radius 1 is 1.57 bits per heavy atom. The molecule has 0 saturated carbocycles. The summed E-state index contributed by atoms with van der Waals surface area (Å²) in [5.41, 5.74) is 2.11. The molecule has 0 radical (unpaired) electrons. The summed E-state index contributed by atoms with van der Waals surface area (Å²) in [4.78, 5) is 12.7. The summed E-state index contributed by atoms with van der Waals surface area (Å²) in [5, 5.41) is 0. The van der Waals surface area contributed by atoms with Crippen molar-refractivity contribution >= 4 is 6.03 Å². The number of hydrazine groups is 1. The molecule has 5 nitrogen and oxygen atoms in total. The number of nitrogens with one attached hydrogen (secondary N) is 1. The van der Waals surface area contributed by atoms with Gasteiger partial charge in [-0.15, -0.1) is 0 Å². The van der Waals surface area contributed by atoms with Gasteiger partial charge in [-0.25, -0.2) is 10.6 Å². The van der Waals surface area contributed by atoms with E-state index in [0.29, 0.717) is 5.92 Å². The van der Waals surface area contributed by atoms with Crippen LogP contribution in [0.4, 0.5) is 4.79 Å². The number of carbonyl (C=O) groups excluding carboxylic acids is 1. The number of nitrogens with zero attached hydrogens (tertiary/aromatic N) is 1. The highest BCUT2D eigenvalue weighted by Gasteiger charge is 2.15. The molecule has 0 aromatic rings. The zero-order valence-corrected chi connectivity index (χ0v) is 8.66. The van der Waals surface area contributed by atoms with Gasteiger partial charge in [0, 0.05) is 26.8 Å². The molecular weight excluding hydrogens is 182 g/mol. The average Bonchev–Trinajstić information content (AvgIpc) is 2.26. The monoisotopic (exact) mass is 201 g/mol. The smallest absolute Gasteiger partial charge is 0.331 e. The van der Waals surface area contributed by atoms with Crippen molar-refractivity contribution < 1.29 is 9.53 Å². The van der Waals surface area contributed by atoms with E-state index in [9.17, 15) is 4.79 Å². The molecule has 2 amide bonds. The van der Waals surface area contributed by atoms with Gasteiger partial charge in [-0.1, -0.05) is 0 Å². The van der Waals surface area contributed by atoms with E-state index in [-0.39, 0.29) is 6.03 Å². The predicted molar refractivity (Wildman–Crippen MR) is 53.5 cm³/mol. The van der Waals surface area contributed by atoms with E-state index in [2.05, 4.69) is 5.43 Å². The Hall–Kier alpha value is -0.810. The van der Waals surface area contributed by atoms with Gasteiger partial charge in [0.15, 0.2) is 0 Å². The molecule has 5 heteroatoms. The van der Waals surface area contributed by atoms with Crippen LogP contribution >= 0.6 is 0 Å². The van der Waals surface area contributed by atoms with Crippen LogP contribution in [-0.2, 0) is 4.74 Å². The minimum atomic E-state index is -0.225. The lowest BCUT2D eigenvalue weighted by atomic mass is 9.96. The zero-order chi connectivity index (χ0) is 10.4. The lowest BCUT2D eigenvalue weighted by molar-refractivity contribution is 0.0619. The lowest BCUT2D eigenvalue weighted by Gasteiger charge is -2.24. The zero-order valence-electron chi connectivity index (χ0n) is 8.66. The van der Waals surface area contributed by atoms with Gasteiger partial charge in [0.05, 0.1) is 0 Å². The van der Waals surface area contributed by atoms with E-state index in [1.807, 2.05) is 0 Å². The number of hydrogen-bond acceptors (Lipinski definition) is 3. The van der Waals surface area contributed by atoms with Gasteiger partial charge in [0.1, 0.15) is 0 Å². The lowest BCUT2D eigenvalue weighted by Crippen LogP contribution is -2.42. The van der Waals surface area contributed by atoms with E-state index < -0.39 is 0 Å². The van der Waals surface area contributed by atoms with Crippen LogP contribution < -0.4 is 11.3 Å². The van der Waals surface area contributed by atoms with Crippen molar-refractivity contribution in [2.45, 2.75) is 19.3 Å². The third-order valence-corrected chi connectivity index (χ3v) is 2.68. The maximum absolute atomic E-state index is 11.0. The van der Waals surface area contributed by atoms with Crippen LogP contribution in [0.15, 0.2) is 0 Å². The third kappa shape index (κ3) is 3.51. The minimum Gasteiger partial charge on any atom is -0.381 e. The molecule has 1 aliphatic heterocycles. The van der Waals surface area contributed by atoms with Gasteiger partial charge in [-0.3, -0.25) is 5.43 Å². The van der Waals surface area contributed by atoms with Crippen LogP contribution in [0.5, 0.6) is 0 Å². The first-order valence-corrected chi connectivity index (χ1v) is 5.03. The minimum absolute atomic E-state index is 0.225. The standard InChI is InChI=1S/C9H19N3O2/c1-12(9(13)11-10)5-2-8-3-6-14-7-4-8/h8H,2-7,10H2,1H3,(H,11,13). The van der Waals surface area contributed by atoms with Crippen molar-refractivity contribution in [2.75, 3.05) is 26.8 Å². The maximum atomic E-state index is 11.0. The first-order valence-electron chi connectivity index (χ1n) is 5.03. The van der Waals surface area contributed by atoms with Gasteiger partial charge < -0.3 is 9.64 Å². The Morgan fingerprint density at radius 2 is 2.21 bits per heavy atom. The molecule has 0 bridgehead atoms. The molecule has 1 heterocycles. The van der Waals surface area contributed by atoms with Crippen molar-refractivity contribution in [3.63, 3.8) is 0 Å². The molecule has 3 N–H and O–H groups in total. The Bertz CT molecular complexity index is 181. The Labute approximate surface area is 84.5 Å². The summed E-state index contributed by atoms with van der Waals surface area (Å²) in [6.07, 6.45) is 3.25. The first kappa shape index (κ1) is 11.3. The molecule has 14 heavy (non-hydrogen) atoms. The first-order chi connectivity index (χ1) is 6.74. The average molecular weight is 201 g/mol. The fourth-order valence-corrected chi connectivity index (χ4v) is 1.62. The topological polar surface area (TPSA) is 67.6 Å². The van der Waals surface area contributed by atoms with Gasteiger partial charge in [-0.05, 0) is 25.2 Å². The number of amides is 2. The third-order valence-electron chi connectivity index (χ3n) is 2.68. The SMILES string of the molecule is CN(CCC1CCOCC1)C(=O)NN. The van der Waals surface area contributed by atoms with Crippen LogP contribution in [-0.4, -0.2) is 37.7 Å². The summed E-state index contributed by atoms with van der Waals surface area (Å²) in [7, 11) is 1.75. The largest absolute Gasteiger partial charge is 0.381 e. The number of rotatable bonds is 3. The number of ether oxygens (including phenoxy) is 1. The highest BCUT2D eigenvalue weighted by molar-refractivity contribution is 5.72. The van der Waals surface area contributed by atoms with Crippen LogP contribution in [0.2, 0.25) is 0 Å². The quantitative estimate of drug-likeness (QED) is 0.392. The summed E-state index contributed by atoms with van der Waals surface area (Å²) in [6, 6.07) is -0.225.